The Morgan fingerprint density at radius 2 is 1.83 bits per heavy atom. The van der Waals surface area contributed by atoms with Gasteiger partial charge in [-0.25, -0.2) is 0 Å². The second kappa shape index (κ2) is 4.82. The molecule has 2 aliphatic carbocycles. The quantitative estimate of drug-likeness (QED) is 0.781. The Kier molecular flexibility index (Phi) is 3.32. The lowest BCUT2D eigenvalue weighted by atomic mass is 9.89. The van der Waals surface area contributed by atoms with Crippen molar-refractivity contribution < 1.29 is 9.90 Å². The molecular formula is C14H24N2O2. The summed E-state index contributed by atoms with van der Waals surface area (Å²) in [5, 5.41) is 13.3. The standard InChI is InChI=1S/C14H24N2O2/c17-13(15-12-4-2-1-3-5-12)8-16-9-14(18,10-16)11-6-7-11/h11-12,18H,1-10H2,(H,15,17). The third-order valence-corrected chi connectivity index (χ3v) is 4.67. The molecule has 0 atom stereocenters. The summed E-state index contributed by atoms with van der Waals surface area (Å²) in [6.45, 7) is 1.84. The zero-order valence-electron chi connectivity index (χ0n) is 11.0. The maximum absolute atomic E-state index is 11.9. The lowest BCUT2D eigenvalue weighted by Crippen LogP contribution is -2.64. The molecule has 1 heterocycles. The van der Waals surface area contributed by atoms with Gasteiger partial charge in [-0.3, -0.25) is 9.69 Å². The Morgan fingerprint density at radius 1 is 1.17 bits per heavy atom. The van der Waals surface area contributed by atoms with E-state index in [-0.39, 0.29) is 5.91 Å². The SMILES string of the molecule is O=C(CN1CC(O)(C2CC2)C1)NC1CCCCC1. The molecule has 2 N–H and O–H groups in total. The number of hydrogen-bond donors (Lipinski definition) is 2. The van der Waals surface area contributed by atoms with Crippen molar-refractivity contribution in [3.63, 3.8) is 0 Å². The number of amides is 1. The maximum atomic E-state index is 11.9. The number of carbonyl (C=O) groups is 1. The molecule has 3 fully saturated rings. The predicted molar refractivity (Wildman–Crippen MR) is 69.1 cm³/mol. The van der Waals surface area contributed by atoms with Gasteiger partial charge in [0.25, 0.3) is 0 Å². The second-order valence-corrected chi connectivity index (χ2v) is 6.43. The fraction of sp³-hybridized carbons (Fsp3) is 0.929. The van der Waals surface area contributed by atoms with Crippen LogP contribution in [0.25, 0.3) is 0 Å². The Morgan fingerprint density at radius 3 is 2.44 bits per heavy atom. The van der Waals surface area contributed by atoms with Crippen LogP contribution in [-0.4, -0.2) is 47.2 Å². The highest BCUT2D eigenvalue weighted by Gasteiger charge is 2.51. The van der Waals surface area contributed by atoms with Crippen LogP contribution in [0, 0.1) is 5.92 Å². The molecular weight excluding hydrogens is 228 g/mol. The van der Waals surface area contributed by atoms with E-state index in [0.29, 0.717) is 31.6 Å². The Balaban J connectivity index is 1.37. The number of likely N-dealkylation sites (tertiary alicyclic amines) is 1. The van der Waals surface area contributed by atoms with Crippen LogP contribution in [0.1, 0.15) is 44.9 Å². The molecule has 102 valence electrons. The highest BCUT2D eigenvalue weighted by molar-refractivity contribution is 5.78. The fourth-order valence-electron chi connectivity index (χ4n) is 3.44. The Bertz CT molecular complexity index is 316. The van der Waals surface area contributed by atoms with Gasteiger partial charge in [0.2, 0.25) is 5.91 Å². The van der Waals surface area contributed by atoms with Gasteiger partial charge in [-0.1, -0.05) is 19.3 Å². The number of rotatable bonds is 4. The third kappa shape index (κ3) is 2.69. The van der Waals surface area contributed by atoms with E-state index in [1.807, 2.05) is 0 Å². The normalized spacial score (nSPS) is 28.7. The number of nitrogens with zero attached hydrogens (tertiary/aromatic N) is 1. The fourth-order valence-corrected chi connectivity index (χ4v) is 3.44. The molecule has 18 heavy (non-hydrogen) atoms. The van der Waals surface area contributed by atoms with Crippen molar-refractivity contribution in [2.45, 2.75) is 56.6 Å². The molecule has 0 spiro atoms. The minimum atomic E-state index is -0.467. The molecule has 0 aromatic rings. The van der Waals surface area contributed by atoms with Crippen LogP contribution in [0.4, 0.5) is 0 Å². The van der Waals surface area contributed by atoms with Crippen LogP contribution in [-0.2, 0) is 4.79 Å². The van der Waals surface area contributed by atoms with Crippen LogP contribution in [0.2, 0.25) is 0 Å². The average Bonchev–Trinajstić information content (AvgIpc) is 3.12. The van der Waals surface area contributed by atoms with E-state index in [4.69, 9.17) is 0 Å². The summed E-state index contributed by atoms with van der Waals surface area (Å²) >= 11 is 0. The first-order valence-corrected chi connectivity index (χ1v) is 7.40. The van der Waals surface area contributed by atoms with Crippen molar-refractivity contribution in [1.82, 2.24) is 10.2 Å². The molecule has 3 rings (SSSR count). The molecule has 1 aliphatic heterocycles. The number of hydrogen-bond acceptors (Lipinski definition) is 3. The summed E-state index contributed by atoms with van der Waals surface area (Å²) in [5.74, 6) is 0.648. The topological polar surface area (TPSA) is 52.6 Å². The van der Waals surface area contributed by atoms with Gasteiger partial charge in [-0.15, -0.1) is 0 Å². The van der Waals surface area contributed by atoms with E-state index >= 15 is 0 Å². The van der Waals surface area contributed by atoms with Crippen LogP contribution >= 0.6 is 0 Å². The smallest absolute Gasteiger partial charge is 0.234 e. The van der Waals surface area contributed by atoms with Gasteiger partial charge < -0.3 is 10.4 Å². The summed E-state index contributed by atoms with van der Waals surface area (Å²) in [7, 11) is 0. The monoisotopic (exact) mass is 252 g/mol. The summed E-state index contributed by atoms with van der Waals surface area (Å²) in [6, 6.07) is 0.398. The third-order valence-electron chi connectivity index (χ3n) is 4.67. The molecule has 0 aromatic carbocycles. The van der Waals surface area contributed by atoms with Crippen molar-refractivity contribution in [3.8, 4) is 0 Å². The van der Waals surface area contributed by atoms with Gasteiger partial charge in [-0.2, -0.15) is 0 Å². The summed E-state index contributed by atoms with van der Waals surface area (Å²) in [6.07, 6.45) is 8.41. The predicted octanol–water partition coefficient (Wildman–Crippen LogP) is 0.892. The molecule has 2 saturated carbocycles. The molecule has 4 heteroatoms. The van der Waals surface area contributed by atoms with Crippen molar-refractivity contribution in [3.05, 3.63) is 0 Å². The highest BCUT2D eigenvalue weighted by Crippen LogP contribution is 2.44. The summed E-state index contributed by atoms with van der Waals surface area (Å²) in [4.78, 5) is 13.9. The van der Waals surface area contributed by atoms with Gasteiger partial charge in [0.1, 0.15) is 0 Å². The van der Waals surface area contributed by atoms with E-state index in [9.17, 15) is 9.90 Å². The number of carbonyl (C=O) groups excluding carboxylic acids is 1. The van der Waals surface area contributed by atoms with Crippen molar-refractivity contribution in [2.24, 2.45) is 5.92 Å². The second-order valence-electron chi connectivity index (χ2n) is 6.43. The molecule has 0 bridgehead atoms. The minimum absolute atomic E-state index is 0.139. The van der Waals surface area contributed by atoms with Gasteiger partial charge in [0.15, 0.2) is 0 Å². The molecule has 3 aliphatic rings. The molecule has 0 aromatic heterocycles. The zero-order chi connectivity index (χ0) is 12.6. The van der Waals surface area contributed by atoms with Gasteiger partial charge in [0, 0.05) is 19.1 Å². The Labute approximate surface area is 109 Å². The number of nitrogens with one attached hydrogen (secondary N) is 1. The van der Waals surface area contributed by atoms with Gasteiger partial charge in [-0.05, 0) is 31.6 Å². The summed E-state index contributed by atoms with van der Waals surface area (Å²) in [5.41, 5.74) is -0.467. The van der Waals surface area contributed by atoms with Crippen molar-refractivity contribution in [2.75, 3.05) is 19.6 Å². The van der Waals surface area contributed by atoms with E-state index in [1.165, 1.54) is 32.1 Å². The largest absolute Gasteiger partial charge is 0.387 e. The maximum Gasteiger partial charge on any atom is 0.234 e. The summed E-state index contributed by atoms with van der Waals surface area (Å²) < 4.78 is 0. The molecule has 4 nitrogen and oxygen atoms in total. The average molecular weight is 252 g/mol. The molecule has 1 saturated heterocycles. The minimum Gasteiger partial charge on any atom is -0.387 e. The number of aliphatic hydroxyl groups is 1. The lowest BCUT2D eigenvalue weighted by molar-refractivity contribution is -0.137. The van der Waals surface area contributed by atoms with Crippen LogP contribution in [0.3, 0.4) is 0 Å². The number of β-amino-alcohol motifs (C(OH)–C–C–N with tert-alkyl or cyclic N) is 1. The van der Waals surface area contributed by atoms with E-state index < -0.39 is 5.60 Å². The van der Waals surface area contributed by atoms with E-state index in [1.54, 1.807) is 0 Å². The van der Waals surface area contributed by atoms with Gasteiger partial charge in [0.05, 0.1) is 12.1 Å². The van der Waals surface area contributed by atoms with Crippen molar-refractivity contribution >= 4 is 5.91 Å². The van der Waals surface area contributed by atoms with E-state index in [2.05, 4.69) is 10.2 Å². The van der Waals surface area contributed by atoms with Gasteiger partial charge >= 0.3 is 0 Å². The first-order valence-electron chi connectivity index (χ1n) is 7.40. The van der Waals surface area contributed by atoms with Crippen molar-refractivity contribution in [1.29, 1.82) is 0 Å². The highest BCUT2D eigenvalue weighted by atomic mass is 16.3. The zero-order valence-corrected chi connectivity index (χ0v) is 11.0. The Hall–Kier alpha value is -0.610. The lowest BCUT2D eigenvalue weighted by Gasteiger charge is -2.46. The molecule has 0 radical (unpaired) electrons. The molecule has 1 amide bonds. The van der Waals surface area contributed by atoms with E-state index in [0.717, 1.165) is 12.8 Å². The molecule has 0 unspecified atom stereocenters. The van der Waals surface area contributed by atoms with Crippen LogP contribution < -0.4 is 5.32 Å². The first-order chi connectivity index (χ1) is 8.66. The first kappa shape index (κ1) is 12.4. The van der Waals surface area contributed by atoms with Crippen LogP contribution in [0.15, 0.2) is 0 Å². The van der Waals surface area contributed by atoms with Crippen LogP contribution in [0.5, 0.6) is 0 Å².